The maximum absolute atomic E-state index is 15.4. The number of amides is 2. The molecule has 58 heavy (non-hydrogen) atoms. The molecule has 0 fully saturated rings. The highest BCUT2D eigenvalue weighted by molar-refractivity contribution is 6.05. The Labute approximate surface area is 318 Å². The highest BCUT2D eigenvalue weighted by Crippen LogP contribution is 2.43. The van der Waals surface area contributed by atoms with E-state index in [1.807, 2.05) is 0 Å². The molecule has 20 heteroatoms. The Hall–Kier alpha value is -7.90. The van der Waals surface area contributed by atoms with Gasteiger partial charge in [0.05, 0.1) is 21.0 Å². The molecule has 0 saturated carbocycles. The van der Waals surface area contributed by atoms with Gasteiger partial charge in [0, 0.05) is 58.9 Å². The summed E-state index contributed by atoms with van der Waals surface area (Å²) in [5.41, 5.74) is -5.83. The summed E-state index contributed by atoms with van der Waals surface area (Å²) in [6.45, 7) is 0. The smallest absolute Gasteiger partial charge is 0.270 e. The highest BCUT2D eigenvalue weighted by Gasteiger charge is 2.36. The van der Waals surface area contributed by atoms with Crippen LogP contribution >= 0.6 is 0 Å². The number of hydrogen-bond donors (Lipinski definition) is 2. The van der Waals surface area contributed by atoms with Crippen LogP contribution in [0.5, 0.6) is 23.0 Å². The van der Waals surface area contributed by atoms with Crippen molar-refractivity contribution in [1.29, 1.82) is 0 Å². The first-order valence-electron chi connectivity index (χ1n) is 15.9. The van der Waals surface area contributed by atoms with Gasteiger partial charge >= 0.3 is 0 Å². The zero-order valence-electron chi connectivity index (χ0n) is 28.4. The fraction of sp³-hybridized carbons (Fsp3) is 0. The summed E-state index contributed by atoms with van der Waals surface area (Å²) in [7, 11) is 0. The molecule has 0 aliphatic heterocycles. The van der Waals surface area contributed by atoms with Crippen LogP contribution in [-0.2, 0) is 0 Å². The number of nitro benzene ring substituents is 2. The van der Waals surface area contributed by atoms with Crippen LogP contribution in [0.3, 0.4) is 0 Å². The molecule has 2 N–H and O–H groups in total. The number of carbonyl (C=O) groups excluding carboxylic acids is 2. The molecule has 0 aromatic heterocycles. The molecule has 294 valence electrons. The summed E-state index contributed by atoms with van der Waals surface area (Å²) in [5, 5.41) is 26.7. The lowest BCUT2D eigenvalue weighted by Crippen LogP contribution is -2.12. The van der Waals surface area contributed by atoms with Crippen LogP contribution in [0, 0.1) is 66.8 Å². The number of nitrogens with zero attached hydrogens (tertiary/aromatic N) is 2. The van der Waals surface area contributed by atoms with Crippen LogP contribution in [0.25, 0.3) is 11.1 Å². The Bertz CT molecular complexity index is 2460. The van der Waals surface area contributed by atoms with Gasteiger partial charge in [0.25, 0.3) is 23.2 Å². The van der Waals surface area contributed by atoms with E-state index in [0.29, 0.717) is 0 Å². The van der Waals surface area contributed by atoms with E-state index in [1.165, 1.54) is 36.4 Å². The number of non-ortho nitro benzene ring substituents is 2. The van der Waals surface area contributed by atoms with Crippen molar-refractivity contribution in [3.63, 3.8) is 0 Å². The van der Waals surface area contributed by atoms with Crippen LogP contribution in [0.1, 0.15) is 20.7 Å². The average Bonchev–Trinajstić information content (AvgIpc) is 3.21. The molecular weight excluding hydrogens is 792 g/mol. The maximum atomic E-state index is 15.4. The van der Waals surface area contributed by atoms with Gasteiger partial charge in [-0.3, -0.25) is 29.8 Å². The number of carbonyl (C=O) groups is 2. The summed E-state index contributed by atoms with van der Waals surface area (Å²) in [6, 6.07) is 17.7. The van der Waals surface area contributed by atoms with Gasteiger partial charge in [-0.2, -0.15) is 17.6 Å². The molecule has 12 nitrogen and oxygen atoms in total. The van der Waals surface area contributed by atoms with Gasteiger partial charge in [-0.05, 0) is 36.4 Å². The summed E-state index contributed by atoms with van der Waals surface area (Å²) in [6.07, 6.45) is 0. The van der Waals surface area contributed by atoms with Gasteiger partial charge in [0.15, 0.2) is 23.3 Å². The lowest BCUT2D eigenvalue weighted by atomic mass is 10.0. The first-order chi connectivity index (χ1) is 27.5. The van der Waals surface area contributed by atoms with Gasteiger partial charge < -0.3 is 20.1 Å². The van der Waals surface area contributed by atoms with Crippen molar-refractivity contribution in [3.05, 3.63) is 175 Å². The first kappa shape index (κ1) is 39.8. The highest BCUT2D eigenvalue weighted by atomic mass is 19.2. The van der Waals surface area contributed by atoms with Crippen molar-refractivity contribution in [2.45, 2.75) is 0 Å². The Morgan fingerprint density at radius 2 is 0.793 bits per heavy atom. The van der Waals surface area contributed by atoms with Crippen molar-refractivity contribution in [2.24, 2.45) is 0 Å². The van der Waals surface area contributed by atoms with E-state index in [0.717, 1.165) is 60.7 Å². The number of nitrogens with one attached hydrogen (secondary N) is 2. The van der Waals surface area contributed by atoms with Gasteiger partial charge in [-0.1, -0.05) is 24.3 Å². The molecule has 0 aliphatic rings. The standard InChI is InChI=1S/C38H18F8N4O8/c39-27-25(28(40)32(44)35(31(27)43)57-23-11-3-7-19(15-23)47-37(51)17-5-1-9-21(13-17)49(53)54)26-29(41)33(45)36(34(46)30(26)42)58-24-12-4-8-20(16-24)48-38(52)18-6-2-10-22(14-18)50(55)56/h1-16H,(H,47,51)(H,48,52). The minimum atomic E-state index is -2.54. The van der Waals surface area contributed by atoms with E-state index >= 15 is 35.1 Å². The molecule has 0 atom stereocenters. The molecule has 0 unspecified atom stereocenters. The third-order valence-electron chi connectivity index (χ3n) is 7.96. The van der Waals surface area contributed by atoms with E-state index < -0.39 is 114 Å². The van der Waals surface area contributed by atoms with Gasteiger partial charge in [-0.25, -0.2) is 17.6 Å². The molecular formula is C38H18F8N4O8. The molecule has 0 saturated heterocycles. The maximum Gasteiger partial charge on any atom is 0.270 e. The monoisotopic (exact) mass is 810 g/mol. The summed E-state index contributed by atoms with van der Waals surface area (Å²) in [5.74, 6) is -26.3. The molecule has 6 rings (SSSR count). The zero-order chi connectivity index (χ0) is 42.0. The number of anilines is 2. The molecule has 0 heterocycles. The minimum Gasteiger partial charge on any atom is -0.451 e. The second-order valence-electron chi connectivity index (χ2n) is 11.7. The number of nitro groups is 2. The minimum absolute atomic E-state index is 0.137. The van der Waals surface area contributed by atoms with Crippen molar-refractivity contribution in [3.8, 4) is 34.1 Å². The van der Waals surface area contributed by atoms with E-state index in [4.69, 9.17) is 9.47 Å². The molecule has 6 aromatic carbocycles. The SMILES string of the molecule is O=C(Nc1cccc(Oc2c(F)c(F)c(-c3c(F)c(F)c(Oc4cccc(NC(=O)c5cccc([N+](=O)[O-])c5)c4)c(F)c3F)c(F)c2F)c1)c1cccc([N+](=O)[O-])c1. The van der Waals surface area contributed by atoms with Crippen LogP contribution in [-0.4, -0.2) is 21.7 Å². The quantitative estimate of drug-likeness (QED) is 0.0565. The molecule has 2 amide bonds. The van der Waals surface area contributed by atoms with Crippen molar-refractivity contribution >= 4 is 34.6 Å². The Morgan fingerprint density at radius 1 is 0.466 bits per heavy atom. The Kier molecular flexibility index (Phi) is 11.0. The van der Waals surface area contributed by atoms with Crippen LogP contribution in [0.15, 0.2) is 97.1 Å². The zero-order valence-corrected chi connectivity index (χ0v) is 28.4. The lowest BCUT2D eigenvalue weighted by molar-refractivity contribution is -0.385. The van der Waals surface area contributed by atoms with Crippen molar-refractivity contribution in [2.75, 3.05) is 10.6 Å². The van der Waals surface area contributed by atoms with Crippen LogP contribution in [0.2, 0.25) is 0 Å². The topological polar surface area (TPSA) is 163 Å². The second-order valence-corrected chi connectivity index (χ2v) is 11.7. The summed E-state index contributed by atoms with van der Waals surface area (Å²) in [4.78, 5) is 45.8. The molecule has 0 bridgehead atoms. The number of halogens is 8. The lowest BCUT2D eigenvalue weighted by Gasteiger charge is -2.16. The number of hydrogen-bond acceptors (Lipinski definition) is 8. The van der Waals surface area contributed by atoms with E-state index in [2.05, 4.69) is 10.6 Å². The van der Waals surface area contributed by atoms with Crippen molar-refractivity contribution in [1.82, 2.24) is 0 Å². The predicted molar refractivity (Wildman–Crippen MR) is 187 cm³/mol. The van der Waals surface area contributed by atoms with Gasteiger partial charge in [0.1, 0.15) is 11.5 Å². The predicted octanol–water partition coefficient (Wildman–Crippen LogP) is 10.4. The number of rotatable bonds is 11. The summed E-state index contributed by atoms with van der Waals surface area (Å²) >= 11 is 0. The van der Waals surface area contributed by atoms with Crippen molar-refractivity contribution < 1.29 is 64.0 Å². The van der Waals surface area contributed by atoms with E-state index in [9.17, 15) is 29.8 Å². The van der Waals surface area contributed by atoms with Gasteiger partial charge in [-0.15, -0.1) is 0 Å². The van der Waals surface area contributed by atoms with Crippen LogP contribution in [0.4, 0.5) is 57.9 Å². The van der Waals surface area contributed by atoms with Gasteiger partial charge in [0.2, 0.25) is 34.8 Å². The van der Waals surface area contributed by atoms with Crippen LogP contribution < -0.4 is 20.1 Å². The third-order valence-corrected chi connectivity index (χ3v) is 7.96. The molecule has 0 spiro atoms. The largest absolute Gasteiger partial charge is 0.451 e. The normalized spacial score (nSPS) is 10.8. The Balaban J connectivity index is 1.26. The molecule has 6 aromatic rings. The molecule has 0 aliphatic carbocycles. The Morgan fingerprint density at radius 3 is 1.12 bits per heavy atom. The first-order valence-corrected chi connectivity index (χ1v) is 15.9. The van der Waals surface area contributed by atoms with E-state index in [-0.39, 0.29) is 22.5 Å². The third kappa shape index (κ3) is 7.92. The number of ether oxygens (including phenoxy) is 2. The molecule has 0 radical (unpaired) electrons. The fourth-order valence-electron chi connectivity index (χ4n) is 5.28. The fourth-order valence-corrected chi connectivity index (χ4v) is 5.28. The number of benzene rings is 6. The summed E-state index contributed by atoms with van der Waals surface area (Å²) < 4.78 is 133. The van der Waals surface area contributed by atoms with E-state index in [1.54, 1.807) is 0 Å². The second kappa shape index (κ2) is 16.1. The average molecular weight is 811 g/mol.